The predicted molar refractivity (Wildman–Crippen MR) is 130 cm³/mol. The van der Waals surface area contributed by atoms with E-state index in [0.29, 0.717) is 17.2 Å². The molecule has 6 nitrogen and oxygen atoms in total. The molecule has 0 bridgehead atoms. The third-order valence-corrected chi connectivity index (χ3v) is 6.46. The highest BCUT2D eigenvalue weighted by Crippen LogP contribution is 2.35. The highest BCUT2D eigenvalue weighted by Gasteiger charge is 2.37. The number of nitriles is 1. The van der Waals surface area contributed by atoms with E-state index in [1.54, 1.807) is 25.3 Å². The maximum absolute atomic E-state index is 14.9. The summed E-state index contributed by atoms with van der Waals surface area (Å²) in [6.07, 6.45) is -2.88. The molecule has 10 heteroatoms. The molecule has 0 aliphatic carbocycles. The SMILES string of the molecule is CC(C(=O)c1cc(C(F)(F)F)nn1-c1cccc(C#N)c1)C(C)c1cc(C(O)c2cccnc2)ccc1F. The summed E-state index contributed by atoms with van der Waals surface area (Å²) in [6.45, 7) is 3.08. The molecule has 0 spiro atoms. The molecule has 3 atom stereocenters. The van der Waals surface area contributed by atoms with Crippen molar-refractivity contribution >= 4 is 5.78 Å². The van der Waals surface area contributed by atoms with Gasteiger partial charge in [-0.2, -0.15) is 23.5 Å². The zero-order chi connectivity index (χ0) is 27.6. The zero-order valence-corrected chi connectivity index (χ0v) is 20.3. The Hall–Kier alpha value is -4.36. The molecule has 0 saturated carbocycles. The van der Waals surface area contributed by atoms with E-state index in [2.05, 4.69) is 10.1 Å². The number of nitrogens with zero attached hydrogens (tertiary/aromatic N) is 4. The van der Waals surface area contributed by atoms with Crippen molar-refractivity contribution < 1.29 is 27.5 Å². The van der Waals surface area contributed by atoms with Crippen LogP contribution in [-0.2, 0) is 6.18 Å². The number of alkyl halides is 3. The number of aliphatic hydroxyl groups excluding tert-OH is 1. The molecule has 1 N–H and O–H groups in total. The molecule has 0 aliphatic rings. The fraction of sp³-hybridized carbons (Fsp3) is 0.214. The summed E-state index contributed by atoms with van der Waals surface area (Å²) in [5.41, 5.74) is -0.342. The van der Waals surface area contributed by atoms with Crippen LogP contribution < -0.4 is 0 Å². The molecule has 0 saturated heterocycles. The molecule has 2 aromatic carbocycles. The summed E-state index contributed by atoms with van der Waals surface area (Å²) in [5.74, 6) is -3.05. The van der Waals surface area contributed by atoms with Crippen molar-refractivity contribution in [2.24, 2.45) is 5.92 Å². The fourth-order valence-corrected chi connectivity index (χ4v) is 4.14. The Kier molecular flexibility index (Phi) is 7.41. The summed E-state index contributed by atoms with van der Waals surface area (Å²) >= 11 is 0. The Morgan fingerprint density at radius 1 is 1.05 bits per heavy atom. The topological polar surface area (TPSA) is 91.8 Å². The third-order valence-electron chi connectivity index (χ3n) is 6.46. The van der Waals surface area contributed by atoms with Crippen LogP contribution in [0.5, 0.6) is 0 Å². The van der Waals surface area contributed by atoms with E-state index in [-0.39, 0.29) is 22.5 Å². The van der Waals surface area contributed by atoms with Crippen LogP contribution in [0.3, 0.4) is 0 Å². The number of Topliss-reactive ketones (excluding diaryl/α,β-unsaturated/α-hetero) is 1. The monoisotopic (exact) mass is 522 g/mol. The Balaban J connectivity index is 1.71. The number of aromatic nitrogens is 3. The van der Waals surface area contributed by atoms with Gasteiger partial charge in [-0.3, -0.25) is 9.78 Å². The average molecular weight is 523 g/mol. The maximum atomic E-state index is 14.9. The molecule has 0 aliphatic heterocycles. The minimum Gasteiger partial charge on any atom is -0.384 e. The molecule has 2 aromatic heterocycles. The Morgan fingerprint density at radius 3 is 2.47 bits per heavy atom. The number of aliphatic hydroxyl groups is 1. The van der Waals surface area contributed by atoms with Gasteiger partial charge in [0.2, 0.25) is 0 Å². The summed E-state index contributed by atoms with van der Waals surface area (Å²) in [4.78, 5) is 17.5. The number of hydrogen-bond donors (Lipinski definition) is 1. The van der Waals surface area contributed by atoms with Gasteiger partial charge in [-0.25, -0.2) is 9.07 Å². The van der Waals surface area contributed by atoms with E-state index in [1.165, 1.54) is 55.6 Å². The van der Waals surface area contributed by atoms with Crippen molar-refractivity contribution in [2.45, 2.75) is 32.0 Å². The smallest absolute Gasteiger partial charge is 0.384 e. The molecule has 38 heavy (non-hydrogen) atoms. The number of pyridine rings is 1. The van der Waals surface area contributed by atoms with Crippen molar-refractivity contribution in [1.82, 2.24) is 14.8 Å². The van der Waals surface area contributed by atoms with Crippen LogP contribution in [0.1, 0.15) is 64.3 Å². The highest BCUT2D eigenvalue weighted by molar-refractivity contribution is 5.97. The van der Waals surface area contributed by atoms with Gasteiger partial charge in [0.05, 0.1) is 17.3 Å². The van der Waals surface area contributed by atoms with Crippen molar-refractivity contribution in [1.29, 1.82) is 5.26 Å². The Morgan fingerprint density at radius 2 is 1.82 bits per heavy atom. The summed E-state index contributed by atoms with van der Waals surface area (Å²) in [6, 6.07) is 15.6. The van der Waals surface area contributed by atoms with Gasteiger partial charge >= 0.3 is 6.18 Å². The first kappa shape index (κ1) is 26.7. The van der Waals surface area contributed by atoms with Gasteiger partial charge < -0.3 is 5.11 Å². The van der Waals surface area contributed by atoms with Crippen molar-refractivity contribution in [3.8, 4) is 11.8 Å². The first-order valence-electron chi connectivity index (χ1n) is 11.6. The molecule has 0 amide bonds. The molecule has 194 valence electrons. The normalized spacial score (nSPS) is 13.9. The van der Waals surface area contributed by atoms with E-state index < -0.39 is 41.4 Å². The lowest BCUT2D eigenvalue weighted by Gasteiger charge is -2.22. The second kappa shape index (κ2) is 10.6. The van der Waals surface area contributed by atoms with E-state index in [1.807, 2.05) is 6.07 Å². The van der Waals surface area contributed by atoms with Gasteiger partial charge in [0.25, 0.3) is 0 Å². The van der Waals surface area contributed by atoms with E-state index in [9.17, 15) is 32.7 Å². The summed E-state index contributed by atoms with van der Waals surface area (Å²) in [7, 11) is 0. The van der Waals surface area contributed by atoms with Gasteiger partial charge in [-0.1, -0.05) is 32.0 Å². The van der Waals surface area contributed by atoms with Crippen molar-refractivity contribution in [3.05, 3.63) is 113 Å². The third kappa shape index (κ3) is 5.33. The zero-order valence-electron chi connectivity index (χ0n) is 20.3. The predicted octanol–water partition coefficient (Wildman–Crippen LogP) is 6.00. The molecule has 3 unspecified atom stereocenters. The average Bonchev–Trinajstić information content (AvgIpc) is 3.39. The lowest BCUT2D eigenvalue weighted by atomic mass is 9.83. The van der Waals surface area contributed by atoms with Crippen LogP contribution in [0.4, 0.5) is 17.6 Å². The first-order chi connectivity index (χ1) is 18.0. The molecule has 4 rings (SSSR count). The molecule has 4 aromatic rings. The van der Waals surface area contributed by atoms with Crippen LogP contribution in [0.15, 0.2) is 73.1 Å². The van der Waals surface area contributed by atoms with Gasteiger partial charge in [0, 0.05) is 29.9 Å². The lowest BCUT2D eigenvalue weighted by molar-refractivity contribution is -0.141. The highest BCUT2D eigenvalue weighted by atomic mass is 19.4. The molecule has 2 heterocycles. The van der Waals surface area contributed by atoms with Crippen LogP contribution in [0, 0.1) is 23.1 Å². The lowest BCUT2D eigenvalue weighted by Crippen LogP contribution is -2.22. The minimum atomic E-state index is -4.81. The quantitative estimate of drug-likeness (QED) is 0.237. The summed E-state index contributed by atoms with van der Waals surface area (Å²) in [5, 5.41) is 23.5. The van der Waals surface area contributed by atoms with Crippen molar-refractivity contribution in [2.75, 3.05) is 0 Å². The fourth-order valence-electron chi connectivity index (χ4n) is 4.14. The van der Waals surface area contributed by atoms with E-state index in [0.717, 1.165) is 4.68 Å². The standard InChI is InChI=1S/C28H22F4N4O2/c1-16(22-12-19(8-9-23(22)29)27(38)20-6-4-10-34-15-20)17(2)26(37)24-13-25(28(30,31)32)35-36(24)21-7-3-5-18(11-21)14-33/h3-13,15-17,27,38H,1-2H3. The first-order valence-corrected chi connectivity index (χ1v) is 11.6. The molecular weight excluding hydrogens is 500 g/mol. The second-order valence-corrected chi connectivity index (χ2v) is 8.90. The maximum Gasteiger partial charge on any atom is 0.435 e. The summed E-state index contributed by atoms with van der Waals surface area (Å²) < 4.78 is 56.3. The number of halogens is 4. The number of ketones is 1. The van der Waals surface area contributed by atoms with Crippen LogP contribution in [-0.4, -0.2) is 25.7 Å². The number of hydrogen-bond acceptors (Lipinski definition) is 5. The second-order valence-electron chi connectivity index (χ2n) is 8.90. The van der Waals surface area contributed by atoms with E-state index >= 15 is 0 Å². The molecule has 0 fully saturated rings. The van der Waals surface area contributed by atoms with Gasteiger partial charge in [0.1, 0.15) is 17.6 Å². The van der Waals surface area contributed by atoms with Crippen LogP contribution in [0.25, 0.3) is 5.69 Å². The minimum absolute atomic E-state index is 0.107. The number of rotatable bonds is 7. The Labute approximate surface area is 215 Å². The van der Waals surface area contributed by atoms with Crippen molar-refractivity contribution in [3.63, 3.8) is 0 Å². The Bertz CT molecular complexity index is 1510. The van der Waals surface area contributed by atoms with Crippen LogP contribution in [0.2, 0.25) is 0 Å². The number of carbonyl (C=O) groups is 1. The van der Waals surface area contributed by atoms with Crippen LogP contribution >= 0.6 is 0 Å². The number of benzene rings is 2. The van der Waals surface area contributed by atoms with Gasteiger partial charge in [-0.05, 0) is 53.4 Å². The molecular formula is C28H22F4N4O2. The largest absolute Gasteiger partial charge is 0.435 e. The van der Waals surface area contributed by atoms with Gasteiger partial charge in [-0.15, -0.1) is 0 Å². The van der Waals surface area contributed by atoms with Gasteiger partial charge in [0.15, 0.2) is 11.5 Å². The van der Waals surface area contributed by atoms with E-state index in [4.69, 9.17) is 0 Å². The molecule has 0 radical (unpaired) electrons. The number of carbonyl (C=O) groups excluding carboxylic acids is 1.